The lowest BCUT2D eigenvalue weighted by molar-refractivity contribution is -0.0163. The molecule has 0 bridgehead atoms. The molecule has 1 N–H and O–H groups in total. The second-order valence-corrected chi connectivity index (χ2v) is 5.98. The van der Waals surface area contributed by atoms with Gasteiger partial charge in [0.05, 0.1) is 31.6 Å². The lowest BCUT2D eigenvalue weighted by Crippen LogP contribution is -2.40. The predicted molar refractivity (Wildman–Crippen MR) is 78.5 cm³/mol. The number of aliphatic hydroxyl groups excluding tert-OH is 1. The first-order valence-electron chi connectivity index (χ1n) is 7.71. The average molecular weight is 281 g/mol. The fraction of sp³-hybridized carbons (Fsp3) is 0.750. The molecule has 0 saturated heterocycles. The summed E-state index contributed by atoms with van der Waals surface area (Å²) in [6.07, 6.45) is 6.45. The van der Waals surface area contributed by atoms with E-state index >= 15 is 0 Å². The first kappa shape index (κ1) is 15.5. The molecule has 4 nitrogen and oxygen atoms in total. The summed E-state index contributed by atoms with van der Waals surface area (Å²) in [4.78, 5) is 2.35. The lowest BCUT2D eigenvalue weighted by Gasteiger charge is -2.30. The normalized spacial score (nSPS) is 18.2. The van der Waals surface area contributed by atoms with Gasteiger partial charge in [0.15, 0.2) is 0 Å². The highest BCUT2D eigenvalue weighted by molar-refractivity contribution is 4.99. The third-order valence-electron chi connectivity index (χ3n) is 3.85. The van der Waals surface area contributed by atoms with Crippen molar-refractivity contribution in [2.24, 2.45) is 0 Å². The summed E-state index contributed by atoms with van der Waals surface area (Å²) >= 11 is 0. The number of furan rings is 1. The van der Waals surface area contributed by atoms with Gasteiger partial charge in [-0.2, -0.15) is 0 Å². The molecular formula is C16H27NO3. The van der Waals surface area contributed by atoms with Crippen molar-refractivity contribution in [1.29, 1.82) is 0 Å². The topological polar surface area (TPSA) is 45.8 Å². The minimum Gasteiger partial charge on any atom is -0.468 e. The molecule has 114 valence electrons. The van der Waals surface area contributed by atoms with Crippen molar-refractivity contribution in [3.05, 3.63) is 24.2 Å². The Hall–Kier alpha value is -0.840. The molecule has 20 heavy (non-hydrogen) atoms. The van der Waals surface area contributed by atoms with E-state index in [0.717, 1.165) is 12.3 Å². The number of ether oxygens (including phenoxy) is 1. The molecule has 1 fully saturated rings. The van der Waals surface area contributed by atoms with Crippen LogP contribution in [0.2, 0.25) is 0 Å². The van der Waals surface area contributed by atoms with Crippen LogP contribution in [0.3, 0.4) is 0 Å². The minimum atomic E-state index is -0.437. The van der Waals surface area contributed by atoms with Crippen molar-refractivity contribution in [2.75, 3.05) is 13.2 Å². The maximum Gasteiger partial charge on any atom is 0.117 e. The van der Waals surface area contributed by atoms with Crippen LogP contribution in [0.5, 0.6) is 0 Å². The van der Waals surface area contributed by atoms with Gasteiger partial charge < -0.3 is 14.3 Å². The zero-order valence-electron chi connectivity index (χ0n) is 12.6. The largest absolute Gasteiger partial charge is 0.468 e. The minimum absolute atomic E-state index is 0.162. The molecule has 0 amide bonds. The number of nitrogens with zero attached hydrogens (tertiary/aromatic N) is 1. The first-order chi connectivity index (χ1) is 9.65. The second kappa shape index (κ2) is 7.81. The van der Waals surface area contributed by atoms with Gasteiger partial charge in [-0.15, -0.1) is 0 Å². The van der Waals surface area contributed by atoms with E-state index < -0.39 is 6.10 Å². The molecule has 0 unspecified atom stereocenters. The molecule has 4 heteroatoms. The fourth-order valence-electron chi connectivity index (χ4n) is 2.84. The number of hydrogen-bond donors (Lipinski definition) is 1. The third-order valence-corrected chi connectivity index (χ3v) is 3.85. The van der Waals surface area contributed by atoms with Crippen molar-refractivity contribution in [2.45, 2.75) is 64.3 Å². The Morgan fingerprint density at radius 3 is 2.75 bits per heavy atom. The van der Waals surface area contributed by atoms with Crippen molar-refractivity contribution in [1.82, 2.24) is 4.90 Å². The molecule has 1 atom stereocenters. The van der Waals surface area contributed by atoms with E-state index in [4.69, 9.17) is 9.15 Å². The molecule has 1 aromatic rings. The molecule has 1 aromatic heterocycles. The van der Waals surface area contributed by atoms with E-state index in [9.17, 15) is 5.11 Å². The highest BCUT2D eigenvalue weighted by atomic mass is 16.5. The van der Waals surface area contributed by atoms with Gasteiger partial charge in [-0.05, 0) is 38.8 Å². The van der Waals surface area contributed by atoms with E-state index in [1.165, 1.54) is 25.7 Å². The van der Waals surface area contributed by atoms with E-state index in [1.54, 1.807) is 6.26 Å². The summed E-state index contributed by atoms with van der Waals surface area (Å²) in [5.41, 5.74) is 0. The van der Waals surface area contributed by atoms with Crippen LogP contribution in [0.15, 0.2) is 22.8 Å². The molecule has 1 aliphatic carbocycles. The van der Waals surface area contributed by atoms with Gasteiger partial charge in [0, 0.05) is 12.6 Å². The van der Waals surface area contributed by atoms with Crippen LogP contribution in [0, 0.1) is 0 Å². The molecule has 1 aliphatic rings. The molecule has 1 saturated carbocycles. The number of hydrogen-bond acceptors (Lipinski definition) is 4. The predicted octanol–water partition coefficient (Wildman–Crippen LogP) is 2.81. The van der Waals surface area contributed by atoms with Gasteiger partial charge in [0.1, 0.15) is 5.76 Å². The van der Waals surface area contributed by atoms with Crippen molar-refractivity contribution in [3.63, 3.8) is 0 Å². The van der Waals surface area contributed by atoms with Crippen LogP contribution >= 0.6 is 0 Å². The first-order valence-corrected chi connectivity index (χ1v) is 7.71. The highest BCUT2D eigenvalue weighted by Crippen LogP contribution is 2.25. The Labute approximate surface area is 121 Å². The number of rotatable bonds is 8. The SMILES string of the molecule is CC(C)OC[C@@H](O)CN(Cc1ccco1)C1CCCC1. The summed E-state index contributed by atoms with van der Waals surface area (Å²) in [5.74, 6) is 0.967. The van der Waals surface area contributed by atoms with Crippen LogP contribution in [0.25, 0.3) is 0 Å². The van der Waals surface area contributed by atoms with E-state index in [0.29, 0.717) is 19.2 Å². The Kier molecular flexibility index (Phi) is 6.07. The van der Waals surface area contributed by atoms with Crippen LogP contribution in [-0.4, -0.2) is 41.4 Å². The quantitative estimate of drug-likeness (QED) is 0.796. The van der Waals surface area contributed by atoms with Gasteiger partial charge >= 0.3 is 0 Å². The van der Waals surface area contributed by atoms with Crippen LogP contribution < -0.4 is 0 Å². The Bertz CT molecular complexity index is 358. The summed E-state index contributed by atoms with van der Waals surface area (Å²) in [7, 11) is 0. The highest BCUT2D eigenvalue weighted by Gasteiger charge is 2.25. The number of aliphatic hydroxyl groups is 1. The van der Waals surface area contributed by atoms with E-state index in [2.05, 4.69) is 4.90 Å². The Balaban J connectivity index is 1.88. The molecule has 0 spiro atoms. The van der Waals surface area contributed by atoms with Crippen molar-refractivity contribution in [3.8, 4) is 0 Å². The van der Waals surface area contributed by atoms with Gasteiger partial charge in [-0.3, -0.25) is 4.90 Å². The summed E-state index contributed by atoms with van der Waals surface area (Å²) < 4.78 is 11.0. The summed E-state index contributed by atoms with van der Waals surface area (Å²) in [6.45, 7) is 5.81. The molecular weight excluding hydrogens is 254 g/mol. The second-order valence-electron chi connectivity index (χ2n) is 5.98. The fourth-order valence-corrected chi connectivity index (χ4v) is 2.84. The van der Waals surface area contributed by atoms with Crippen molar-refractivity contribution >= 4 is 0 Å². The standard InChI is InChI=1S/C16H27NO3/c1-13(2)20-12-15(18)10-17(14-6-3-4-7-14)11-16-8-5-9-19-16/h5,8-9,13-15,18H,3-4,6-7,10-12H2,1-2H3/t15-/m0/s1. The molecule has 0 radical (unpaired) electrons. The van der Waals surface area contributed by atoms with Gasteiger partial charge in [0.25, 0.3) is 0 Å². The van der Waals surface area contributed by atoms with Crippen LogP contribution in [-0.2, 0) is 11.3 Å². The van der Waals surface area contributed by atoms with Crippen LogP contribution in [0.4, 0.5) is 0 Å². The van der Waals surface area contributed by atoms with Crippen LogP contribution in [0.1, 0.15) is 45.3 Å². The van der Waals surface area contributed by atoms with Gasteiger partial charge in [0.2, 0.25) is 0 Å². The van der Waals surface area contributed by atoms with Gasteiger partial charge in [-0.25, -0.2) is 0 Å². The maximum absolute atomic E-state index is 10.2. The monoisotopic (exact) mass is 281 g/mol. The molecule has 2 rings (SSSR count). The van der Waals surface area contributed by atoms with Gasteiger partial charge in [-0.1, -0.05) is 12.8 Å². The third kappa shape index (κ3) is 4.93. The zero-order chi connectivity index (χ0) is 14.4. The molecule has 0 aliphatic heterocycles. The smallest absolute Gasteiger partial charge is 0.117 e. The van der Waals surface area contributed by atoms with Crippen molar-refractivity contribution < 1.29 is 14.3 Å². The van der Waals surface area contributed by atoms with E-state index in [1.807, 2.05) is 26.0 Å². The van der Waals surface area contributed by atoms with E-state index in [-0.39, 0.29) is 6.10 Å². The Morgan fingerprint density at radius 1 is 1.40 bits per heavy atom. The summed E-state index contributed by atoms with van der Waals surface area (Å²) in [5, 5.41) is 10.2. The maximum atomic E-state index is 10.2. The molecule has 1 heterocycles. The zero-order valence-corrected chi connectivity index (χ0v) is 12.6. The lowest BCUT2D eigenvalue weighted by atomic mass is 10.2. The summed E-state index contributed by atoms with van der Waals surface area (Å²) in [6, 6.07) is 4.48. The average Bonchev–Trinajstić information content (AvgIpc) is 3.08. The molecule has 0 aromatic carbocycles. The Morgan fingerprint density at radius 2 is 2.15 bits per heavy atom.